The molecule has 0 aliphatic rings. The van der Waals surface area contributed by atoms with Crippen molar-refractivity contribution < 1.29 is 0 Å². The van der Waals surface area contributed by atoms with Crippen LogP contribution in [-0.4, -0.2) is 24.7 Å². The zero-order valence-corrected chi connectivity index (χ0v) is 8.28. The van der Waals surface area contributed by atoms with E-state index in [1.165, 1.54) is 6.33 Å². The Labute approximate surface area is 90.8 Å². The Morgan fingerprint density at radius 3 is 2.81 bits per heavy atom. The van der Waals surface area contributed by atoms with Gasteiger partial charge in [0.25, 0.3) is 0 Å². The van der Waals surface area contributed by atoms with Gasteiger partial charge in [0.05, 0.1) is 5.52 Å². The van der Waals surface area contributed by atoms with Crippen LogP contribution >= 0.6 is 0 Å². The van der Waals surface area contributed by atoms with E-state index in [4.69, 9.17) is 5.73 Å². The first-order valence-electron chi connectivity index (χ1n) is 4.72. The van der Waals surface area contributed by atoms with Gasteiger partial charge in [0.2, 0.25) is 5.95 Å². The quantitative estimate of drug-likeness (QED) is 0.644. The molecule has 2 N–H and O–H groups in total. The number of nitrogen functional groups attached to an aromatic ring is 1. The molecule has 0 fully saturated rings. The van der Waals surface area contributed by atoms with Gasteiger partial charge in [0, 0.05) is 5.39 Å². The van der Waals surface area contributed by atoms with Crippen molar-refractivity contribution in [2.45, 2.75) is 0 Å². The molecular formula is C10H8N6. The van der Waals surface area contributed by atoms with Crippen molar-refractivity contribution in [1.82, 2.24) is 24.7 Å². The van der Waals surface area contributed by atoms with Crippen LogP contribution in [0.25, 0.3) is 16.7 Å². The van der Waals surface area contributed by atoms with Gasteiger partial charge in [0.15, 0.2) is 5.82 Å². The minimum absolute atomic E-state index is 0.226. The zero-order valence-electron chi connectivity index (χ0n) is 8.28. The summed E-state index contributed by atoms with van der Waals surface area (Å²) in [6.07, 6.45) is 3.03. The van der Waals surface area contributed by atoms with Crippen molar-refractivity contribution in [3.63, 3.8) is 0 Å². The lowest BCUT2D eigenvalue weighted by Crippen LogP contribution is -2.04. The third-order valence-electron chi connectivity index (χ3n) is 2.24. The van der Waals surface area contributed by atoms with Gasteiger partial charge in [0.1, 0.15) is 12.7 Å². The predicted molar refractivity (Wildman–Crippen MR) is 58.9 cm³/mol. The summed E-state index contributed by atoms with van der Waals surface area (Å²) in [6.45, 7) is 0. The third-order valence-corrected chi connectivity index (χ3v) is 2.24. The fourth-order valence-corrected chi connectivity index (χ4v) is 1.57. The summed E-state index contributed by atoms with van der Waals surface area (Å²) in [5.41, 5.74) is 6.44. The van der Waals surface area contributed by atoms with Gasteiger partial charge < -0.3 is 5.73 Å². The van der Waals surface area contributed by atoms with Crippen LogP contribution in [0.15, 0.2) is 36.9 Å². The number of fused-ring (bicyclic) bond motifs is 1. The molecule has 3 rings (SSSR count). The fourth-order valence-electron chi connectivity index (χ4n) is 1.57. The second-order valence-corrected chi connectivity index (χ2v) is 3.26. The number of hydrogen-bond donors (Lipinski definition) is 1. The molecule has 2 aromatic heterocycles. The lowest BCUT2D eigenvalue weighted by molar-refractivity contribution is 0.852. The van der Waals surface area contributed by atoms with E-state index >= 15 is 0 Å². The summed E-state index contributed by atoms with van der Waals surface area (Å²) in [4.78, 5) is 12.2. The molecule has 0 aliphatic carbocycles. The Hall–Kier alpha value is -2.50. The molecule has 1 aromatic carbocycles. The van der Waals surface area contributed by atoms with Crippen molar-refractivity contribution in [2.75, 3.05) is 5.73 Å². The maximum Gasteiger partial charge on any atom is 0.222 e. The third kappa shape index (κ3) is 1.28. The average Bonchev–Trinajstić information content (AvgIpc) is 2.81. The van der Waals surface area contributed by atoms with Crippen LogP contribution in [0.3, 0.4) is 0 Å². The van der Waals surface area contributed by atoms with E-state index in [0.717, 1.165) is 10.9 Å². The van der Waals surface area contributed by atoms with Gasteiger partial charge in [-0.05, 0) is 12.1 Å². The van der Waals surface area contributed by atoms with Crippen LogP contribution in [0, 0.1) is 0 Å². The Morgan fingerprint density at radius 1 is 1.12 bits per heavy atom. The number of benzene rings is 1. The minimum atomic E-state index is 0.226. The van der Waals surface area contributed by atoms with Crippen molar-refractivity contribution in [3.05, 3.63) is 36.9 Å². The molecule has 0 amide bonds. The van der Waals surface area contributed by atoms with Crippen LogP contribution < -0.4 is 5.73 Å². The first kappa shape index (κ1) is 8.78. The standard InChI is InChI=1S/C10H8N6/c11-10-14-8-4-2-1-3-7(8)9(15-10)16-6-12-5-13-16/h1-6H,(H2,11,14,15). The predicted octanol–water partition coefficient (Wildman–Crippen LogP) is 0.793. The van der Waals surface area contributed by atoms with E-state index in [1.807, 2.05) is 24.3 Å². The van der Waals surface area contributed by atoms with Crippen molar-refractivity contribution >= 4 is 16.9 Å². The molecule has 3 aromatic rings. The molecule has 2 heterocycles. The maximum atomic E-state index is 5.65. The van der Waals surface area contributed by atoms with Crippen LogP contribution in [0.1, 0.15) is 0 Å². The average molecular weight is 212 g/mol. The fraction of sp³-hybridized carbons (Fsp3) is 0. The molecule has 6 heteroatoms. The van der Waals surface area contributed by atoms with Gasteiger partial charge in [-0.15, -0.1) is 0 Å². The lowest BCUT2D eigenvalue weighted by atomic mass is 10.2. The number of nitrogens with two attached hydrogens (primary N) is 1. The number of hydrogen-bond acceptors (Lipinski definition) is 5. The molecule has 0 radical (unpaired) electrons. The highest BCUT2D eigenvalue weighted by molar-refractivity contribution is 5.85. The molecule has 0 aliphatic heterocycles. The van der Waals surface area contributed by atoms with Crippen molar-refractivity contribution in [2.24, 2.45) is 0 Å². The highest BCUT2D eigenvalue weighted by Gasteiger charge is 2.07. The first-order chi connectivity index (χ1) is 7.84. The summed E-state index contributed by atoms with van der Waals surface area (Å²) in [5.74, 6) is 0.866. The Morgan fingerprint density at radius 2 is 2.00 bits per heavy atom. The molecule has 0 saturated heterocycles. The molecule has 0 saturated carbocycles. The molecular weight excluding hydrogens is 204 g/mol. The number of para-hydroxylation sites is 1. The zero-order chi connectivity index (χ0) is 11.0. The van der Waals surface area contributed by atoms with Crippen LogP contribution in [-0.2, 0) is 0 Å². The highest BCUT2D eigenvalue weighted by atomic mass is 15.3. The molecule has 0 bridgehead atoms. The Bertz CT molecular complexity index is 631. The first-order valence-corrected chi connectivity index (χ1v) is 4.72. The largest absolute Gasteiger partial charge is 0.368 e. The van der Waals surface area contributed by atoms with E-state index in [0.29, 0.717) is 5.82 Å². The summed E-state index contributed by atoms with van der Waals surface area (Å²) in [6, 6.07) is 7.63. The van der Waals surface area contributed by atoms with Crippen molar-refractivity contribution in [1.29, 1.82) is 0 Å². The highest BCUT2D eigenvalue weighted by Crippen LogP contribution is 2.18. The number of rotatable bonds is 1. The normalized spacial score (nSPS) is 10.8. The van der Waals surface area contributed by atoms with Gasteiger partial charge >= 0.3 is 0 Å². The second kappa shape index (κ2) is 3.27. The second-order valence-electron chi connectivity index (χ2n) is 3.26. The summed E-state index contributed by atoms with van der Waals surface area (Å²) >= 11 is 0. The molecule has 0 atom stereocenters. The summed E-state index contributed by atoms with van der Waals surface area (Å²) in [5, 5.41) is 4.93. The number of nitrogens with zero attached hydrogens (tertiary/aromatic N) is 5. The van der Waals surface area contributed by atoms with Gasteiger partial charge in [-0.1, -0.05) is 12.1 Å². The smallest absolute Gasteiger partial charge is 0.222 e. The number of anilines is 1. The number of aromatic nitrogens is 5. The van der Waals surface area contributed by atoms with Crippen LogP contribution in [0.2, 0.25) is 0 Å². The SMILES string of the molecule is Nc1nc(-n2cncn2)c2ccccc2n1. The minimum Gasteiger partial charge on any atom is -0.368 e. The molecule has 0 spiro atoms. The molecule has 6 nitrogen and oxygen atoms in total. The molecule has 78 valence electrons. The van der Waals surface area contributed by atoms with Gasteiger partial charge in [-0.25, -0.2) is 14.6 Å². The van der Waals surface area contributed by atoms with E-state index in [9.17, 15) is 0 Å². The molecule has 16 heavy (non-hydrogen) atoms. The van der Waals surface area contributed by atoms with E-state index in [-0.39, 0.29) is 5.95 Å². The van der Waals surface area contributed by atoms with E-state index < -0.39 is 0 Å². The summed E-state index contributed by atoms with van der Waals surface area (Å²) < 4.78 is 1.57. The Balaban J connectivity index is 2.39. The van der Waals surface area contributed by atoms with Crippen molar-refractivity contribution in [3.8, 4) is 5.82 Å². The Kier molecular flexibility index (Phi) is 1.79. The van der Waals surface area contributed by atoms with E-state index in [1.54, 1.807) is 11.0 Å². The van der Waals surface area contributed by atoms with Gasteiger partial charge in [-0.2, -0.15) is 10.1 Å². The monoisotopic (exact) mass is 212 g/mol. The summed E-state index contributed by atoms with van der Waals surface area (Å²) in [7, 11) is 0. The maximum absolute atomic E-state index is 5.65. The molecule has 0 unspecified atom stereocenters. The van der Waals surface area contributed by atoms with Gasteiger partial charge in [-0.3, -0.25) is 0 Å². The topological polar surface area (TPSA) is 82.5 Å². The lowest BCUT2D eigenvalue weighted by Gasteiger charge is -2.05. The van der Waals surface area contributed by atoms with E-state index in [2.05, 4.69) is 20.1 Å². The van der Waals surface area contributed by atoms with Crippen LogP contribution in [0.4, 0.5) is 5.95 Å². The van der Waals surface area contributed by atoms with Crippen LogP contribution in [0.5, 0.6) is 0 Å².